The molecule has 19 heavy (non-hydrogen) atoms. The highest BCUT2D eigenvalue weighted by Crippen LogP contribution is 2.34. The van der Waals surface area contributed by atoms with Gasteiger partial charge >= 0.3 is 0 Å². The number of anilines is 1. The van der Waals surface area contributed by atoms with Crippen LogP contribution in [0.4, 0.5) is 5.69 Å². The molecule has 1 nitrogen and oxygen atoms in total. The molecule has 1 aromatic carbocycles. The summed E-state index contributed by atoms with van der Waals surface area (Å²) in [6, 6.07) is 13.3. The van der Waals surface area contributed by atoms with Crippen LogP contribution in [0, 0.1) is 5.92 Å². The van der Waals surface area contributed by atoms with Gasteiger partial charge in [-0.1, -0.05) is 39.0 Å². The third-order valence-corrected chi connectivity index (χ3v) is 4.93. The first-order valence-electron chi connectivity index (χ1n) is 6.74. The molecule has 0 aliphatic heterocycles. The zero-order chi connectivity index (χ0) is 13.7. The summed E-state index contributed by atoms with van der Waals surface area (Å²) < 4.78 is 0. The molecule has 1 heterocycles. The van der Waals surface area contributed by atoms with E-state index in [1.807, 2.05) is 23.1 Å². The lowest BCUT2D eigenvalue weighted by molar-refractivity contribution is 0.553. The summed E-state index contributed by atoms with van der Waals surface area (Å²) in [5, 5.41) is 5.88. The summed E-state index contributed by atoms with van der Waals surface area (Å²) >= 11 is 3.72. The van der Waals surface area contributed by atoms with Gasteiger partial charge in [-0.25, -0.2) is 0 Å². The summed E-state index contributed by atoms with van der Waals surface area (Å²) in [7, 11) is 0. The molecule has 1 aromatic heterocycles. The monoisotopic (exact) mass is 291 g/mol. The molecule has 0 aliphatic rings. The third kappa shape index (κ3) is 3.77. The van der Waals surface area contributed by atoms with E-state index >= 15 is 0 Å². The quantitative estimate of drug-likeness (QED) is 0.688. The van der Waals surface area contributed by atoms with Crippen LogP contribution in [-0.4, -0.2) is 5.75 Å². The molecule has 0 spiro atoms. The zero-order valence-electron chi connectivity index (χ0n) is 11.7. The highest BCUT2D eigenvalue weighted by atomic mass is 32.2. The molecular weight excluding hydrogens is 270 g/mol. The van der Waals surface area contributed by atoms with Crippen molar-refractivity contribution in [3.05, 3.63) is 46.7 Å². The highest BCUT2D eigenvalue weighted by Gasteiger charge is 2.17. The summed E-state index contributed by atoms with van der Waals surface area (Å²) in [6.45, 7) is 6.74. The van der Waals surface area contributed by atoms with Crippen molar-refractivity contribution in [2.75, 3.05) is 11.1 Å². The molecule has 0 radical (unpaired) electrons. The van der Waals surface area contributed by atoms with Crippen molar-refractivity contribution in [3.63, 3.8) is 0 Å². The summed E-state index contributed by atoms with van der Waals surface area (Å²) in [5.74, 6) is 1.67. The van der Waals surface area contributed by atoms with E-state index in [9.17, 15) is 0 Å². The maximum absolute atomic E-state index is 3.72. The van der Waals surface area contributed by atoms with Gasteiger partial charge in [0.1, 0.15) is 0 Å². The van der Waals surface area contributed by atoms with E-state index in [0.717, 1.165) is 5.75 Å². The standard InChI is InChI=1S/C16H21NS2/c1-4-18-14-9-6-5-8-13(14)17-16(12(2)3)15-10-7-11-19-15/h5-12,16-17H,4H2,1-3H3. The van der Waals surface area contributed by atoms with Crippen LogP contribution in [0.5, 0.6) is 0 Å². The maximum Gasteiger partial charge on any atom is 0.0629 e. The van der Waals surface area contributed by atoms with Crippen molar-refractivity contribution in [1.82, 2.24) is 0 Å². The Morgan fingerprint density at radius 3 is 2.58 bits per heavy atom. The van der Waals surface area contributed by atoms with Crippen LogP contribution in [0.3, 0.4) is 0 Å². The van der Waals surface area contributed by atoms with Gasteiger partial charge in [-0.3, -0.25) is 0 Å². The van der Waals surface area contributed by atoms with Gasteiger partial charge in [-0.15, -0.1) is 23.1 Å². The van der Waals surface area contributed by atoms with Gasteiger partial charge in [0.2, 0.25) is 0 Å². The molecule has 1 atom stereocenters. The number of hydrogen-bond acceptors (Lipinski definition) is 3. The van der Waals surface area contributed by atoms with Gasteiger partial charge in [0.25, 0.3) is 0 Å². The van der Waals surface area contributed by atoms with Crippen molar-refractivity contribution in [3.8, 4) is 0 Å². The highest BCUT2D eigenvalue weighted by molar-refractivity contribution is 7.99. The van der Waals surface area contributed by atoms with Gasteiger partial charge < -0.3 is 5.32 Å². The molecule has 1 unspecified atom stereocenters. The Kier molecular flexibility index (Phi) is 5.34. The molecule has 1 N–H and O–H groups in total. The lowest BCUT2D eigenvalue weighted by atomic mass is 10.0. The van der Waals surface area contributed by atoms with E-state index in [-0.39, 0.29) is 0 Å². The van der Waals surface area contributed by atoms with E-state index in [1.165, 1.54) is 15.5 Å². The number of rotatable bonds is 6. The van der Waals surface area contributed by atoms with Gasteiger partial charge in [0.05, 0.1) is 6.04 Å². The average Bonchev–Trinajstić information content (AvgIpc) is 2.91. The van der Waals surface area contributed by atoms with Crippen LogP contribution < -0.4 is 5.32 Å². The van der Waals surface area contributed by atoms with Crippen molar-refractivity contribution < 1.29 is 0 Å². The molecule has 0 saturated heterocycles. The summed E-state index contributed by atoms with van der Waals surface area (Å²) in [6.07, 6.45) is 0. The predicted molar refractivity (Wildman–Crippen MR) is 88.4 cm³/mol. The lowest BCUT2D eigenvalue weighted by Gasteiger charge is -2.24. The summed E-state index contributed by atoms with van der Waals surface area (Å²) in [4.78, 5) is 2.75. The fourth-order valence-electron chi connectivity index (χ4n) is 2.07. The Labute approximate surface area is 124 Å². The topological polar surface area (TPSA) is 12.0 Å². The second-order valence-corrected chi connectivity index (χ2v) is 7.10. The molecule has 0 fully saturated rings. The van der Waals surface area contributed by atoms with Crippen molar-refractivity contribution >= 4 is 28.8 Å². The number of nitrogens with one attached hydrogen (secondary N) is 1. The van der Waals surface area contributed by atoms with Crippen LogP contribution in [-0.2, 0) is 0 Å². The van der Waals surface area contributed by atoms with Crippen molar-refractivity contribution in [2.24, 2.45) is 5.92 Å². The van der Waals surface area contributed by atoms with Crippen LogP contribution in [0.1, 0.15) is 31.7 Å². The van der Waals surface area contributed by atoms with E-state index < -0.39 is 0 Å². The molecule has 2 aromatic rings. The van der Waals surface area contributed by atoms with E-state index in [1.54, 1.807) is 0 Å². The minimum absolute atomic E-state index is 0.388. The predicted octanol–water partition coefficient (Wildman–Crippen LogP) is 5.67. The smallest absolute Gasteiger partial charge is 0.0629 e. The summed E-state index contributed by atoms with van der Waals surface area (Å²) in [5.41, 5.74) is 1.25. The van der Waals surface area contributed by atoms with Crippen LogP contribution in [0.2, 0.25) is 0 Å². The van der Waals surface area contributed by atoms with Crippen LogP contribution >= 0.6 is 23.1 Å². The fourth-order valence-corrected chi connectivity index (χ4v) is 3.79. The SMILES string of the molecule is CCSc1ccccc1NC(c1cccs1)C(C)C. The van der Waals surface area contributed by atoms with Crippen molar-refractivity contribution in [1.29, 1.82) is 0 Å². The average molecular weight is 291 g/mol. The molecule has 102 valence electrons. The largest absolute Gasteiger partial charge is 0.376 e. The minimum atomic E-state index is 0.388. The molecule has 0 aliphatic carbocycles. The number of thiophene rings is 1. The molecule has 0 saturated carbocycles. The third-order valence-electron chi connectivity index (χ3n) is 3.01. The normalized spacial score (nSPS) is 12.6. The molecular formula is C16H21NS2. The number of benzene rings is 1. The van der Waals surface area contributed by atoms with Crippen LogP contribution in [0.15, 0.2) is 46.7 Å². The second-order valence-electron chi connectivity index (χ2n) is 4.81. The number of hydrogen-bond donors (Lipinski definition) is 1. The first-order valence-corrected chi connectivity index (χ1v) is 8.60. The molecule has 0 bridgehead atoms. The fraction of sp³-hybridized carbons (Fsp3) is 0.375. The number of thioether (sulfide) groups is 1. The lowest BCUT2D eigenvalue weighted by Crippen LogP contribution is -2.16. The van der Waals surface area contributed by atoms with E-state index in [4.69, 9.17) is 0 Å². The van der Waals surface area contributed by atoms with Gasteiger partial charge in [-0.2, -0.15) is 0 Å². The Morgan fingerprint density at radius 2 is 1.95 bits per heavy atom. The molecule has 2 rings (SSSR count). The minimum Gasteiger partial charge on any atom is -0.376 e. The van der Waals surface area contributed by atoms with Crippen LogP contribution in [0.25, 0.3) is 0 Å². The first-order chi connectivity index (χ1) is 9.22. The Bertz CT molecular complexity index is 491. The number of para-hydroxylation sites is 1. The van der Waals surface area contributed by atoms with Crippen molar-refractivity contribution in [2.45, 2.75) is 31.7 Å². The molecule has 0 amide bonds. The Morgan fingerprint density at radius 1 is 1.16 bits per heavy atom. The Hall–Kier alpha value is -0.930. The zero-order valence-corrected chi connectivity index (χ0v) is 13.4. The van der Waals surface area contributed by atoms with Gasteiger partial charge in [0, 0.05) is 15.5 Å². The molecule has 3 heteroatoms. The van der Waals surface area contributed by atoms with Gasteiger partial charge in [-0.05, 0) is 35.2 Å². The Balaban J connectivity index is 2.22. The van der Waals surface area contributed by atoms with Gasteiger partial charge in [0.15, 0.2) is 0 Å². The second kappa shape index (κ2) is 7.01. The van der Waals surface area contributed by atoms with E-state index in [0.29, 0.717) is 12.0 Å². The maximum atomic E-state index is 3.72. The van der Waals surface area contributed by atoms with E-state index in [2.05, 4.69) is 67.9 Å². The first kappa shape index (κ1) is 14.5.